The lowest BCUT2D eigenvalue weighted by Crippen LogP contribution is -2.34. The quantitative estimate of drug-likeness (QED) is 0.657. The highest BCUT2D eigenvalue weighted by Gasteiger charge is 2.22. The lowest BCUT2D eigenvalue weighted by Gasteiger charge is -2.30. The molecule has 2 aliphatic rings. The Kier molecular flexibility index (Phi) is 4.02. The van der Waals surface area contributed by atoms with Crippen molar-refractivity contribution in [3.8, 4) is 0 Å². The number of rotatable bonds is 1. The Balaban J connectivity index is 0.000000720. The van der Waals surface area contributed by atoms with Gasteiger partial charge in [-0.15, -0.1) is 0 Å². The molecule has 1 heterocycles. The number of hydrogen-bond acceptors (Lipinski definition) is 2. The van der Waals surface area contributed by atoms with Crippen molar-refractivity contribution >= 4 is 0 Å². The molecule has 1 saturated heterocycles. The fourth-order valence-electron chi connectivity index (χ4n) is 2.55. The first kappa shape index (κ1) is 10.0. The van der Waals surface area contributed by atoms with Crippen molar-refractivity contribution in [3.05, 3.63) is 0 Å². The van der Waals surface area contributed by atoms with Crippen LogP contribution in [0.25, 0.3) is 0 Å². The second-order valence-electron chi connectivity index (χ2n) is 4.03. The minimum Gasteiger partial charge on any atom is -0.344 e. The molecule has 3 N–H and O–H groups in total. The van der Waals surface area contributed by atoms with E-state index in [9.17, 15) is 0 Å². The summed E-state index contributed by atoms with van der Waals surface area (Å²) in [6.45, 7) is 2.79. The van der Waals surface area contributed by atoms with Crippen molar-refractivity contribution < 1.29 is 0 Å². The highest BCUT2D eigenvalue weighted by Crippen LogP contribution is 2.25. The fourth-order valence-corrected chi connectivity index (χ4v) is 2.55. The monoisotopic (exact) mass is 170 g/mol. The third kappa shape index (κ3) is 2.20. The minimum atomic E-state index is 0. The van der Waals surface area contributed by atoms with Gasteiger partial charge in [-0.1, -0.05) is 19.3 Å². The van der Waals surface area contributed by atoms with Gasteiger partial charge < -0.3 is 11.1 Å². The van der Waals surface area contributed by atoms with E-state index in [1.54, 1.807) is 0 Å². The minimum absolute atomic E-state index is 0. The average molecular weight is 170 g/mol. The summed E-state index contributed by atoms with van der Waals surface area (Å²) < 4.78 is 0. The van der Waals surface area contributed by atoms with Gasteiger partial charge in [0.15, 0.2) is 0 Å². The summed E-state index contributed by atoms with van der Waals surface area (Å²) >= 11 is 0. The molecular formula is C10H22N2. The smallest absolute Gasteiger partial charge is 0.00952 e. The van der Waals surface area contributed by atoms with Gasteiger partial charge in [0.25, 0.3) is 0 Å². The molecule has 0 unspecified atom stereocenters. The second kappa shape index (κ2) is 4.83. The normalized spacial score (nSPS) is 27.0. The van der Waals surface area contributed by atoms with Gasteiger partial charge in [0.1, 0.15) is 0 Å². The third-order valence-corrected chi connectivity index (χ3v) is 3.23. The summed E-state index contributed by atoms with van der Waals surface area (Å²) in [5.41, 5.74) is 0. The lowest BCUT2D eigenvalue weighted by atomic mass is 9.94. The van der Waals surface area contributed by atoms with Gasteiger partial charge in [0, 0.05) is 6.04 Å². The lowest BCUT2D eigenvalue weighted by molar-refractivity contribution is 0.191. The predicted molar refractivity (Wildman–Crippen MR) is 52.7 cm³/mol. The first-order chi connectivity index (χ1) is 5.47. The van der Waals surface area contributed by atoms with Crippen molar-refractivity contribution in [1.82, 2.24) is 11.1 Å². The fraction of sp³-hybridized carbons (Fsp3) is 1.00. The van der Waals surface area contributed by atoms with Gasteiger partial charge >= 0.3 is 0 Å². The molecule has 0 spiro atoms. The van der Waals surface area contributed by atoms with Crippen molar-refractivity contribution in [3.63, 3.8) is 0 Å². The molecule has 12 heavy (non-hydrogen) atoms. The van der Waals surface area contributed by atoms with E-state index < -0.39 is 0 Å². The molecule has 0 amide bonds. The topological polar surface area (TPSA) is 38.2 Å². The maximum Gasteiger partial charge on any atom is 0.00952 e. The summed E-state index contributed by atoms with van der Waals surface area (Å²) in [6, 6.07) is 0.978. The summed E-state index contributed by atoms with van der Waals surface area (Å²) in [7, 11) is 0. The van der Waals surface area contributed by atoms with Gasteiger partial charge in [-0.25, -0.2) is 0 Å². The van der Waals surface area contributed by atoms with Crippen LogP contribution in [-0.4, -0.2) is 24.0 Å². The van der Waals surface area contributed by atoms with E-state index in [4.69, 9.17) is 0 Å². The SMILES string of the molecule is C1CCC(N2CCCC2)CC1.N. The van der Waals surface area contributed by atoms with Crippen LogP contribution in [0.5, 0.6) is 0 Å². The molecule has 2 nitrogen and oxygen atoms in total. The van der Waals surface area contributed by atoms with Crippen molar-refractivity contribution in [1.29, 1.82) is 0 Å². The predicted octanol–water partition coefficient (Wildman–Crippen LogP) is 2.58. The third-order valence-electron chi connectivity index (χ3n) is 3.23. The van der Waals surface area contributed by atoms with Crippen molar-refractivity contribution in [2.24, 2.45) is 0 Å². The van der Waals surface area contributed by atoms with E-state index in [1.807, 2.05) is 0 Å². The molecule has 0 bridgehead atoms. The maximum absolute atomic E-state index is 2.72. The first-order valence-corrected chi connectivity index (χ1v) is 5.21. The Hall–Kier alpha value is -0.0800. The Morgan fingerprint density at radius 2 is 1.33 bits per heavy atom. The molecule has 1 saturated carbocycles. The Morgan fingerprint density at radius 3 is 1.92 bits per heavy atom. The van der Waals surface area contributed by atoms with Crippen LogP contribution in [0.3, 0.4) is 0 Å². The van der Waals surface area contributed by atoms with Gasteiger partial charge in [0.05, 0.1) is 0 Å². The van der Waals surface area contributed by atoms with Crippen LogP contribution in [0.1, 0.15) is 44.9 Å². The largest absolute Gasteiger partial charge is 0.344 e. The van der Waals surface area contributed by atoms with E-state index in [0.717, 1.165) is 6.04 Å². The molecule has 2 rings (SSSR count). The molecule has 0 aromatic heterocycles. The number of hydrogen-bond donors (Lipinski definition) is 1. The Bertz CT molecular complexity index is 113. The number of nitrogens with zero attached hydrogens (tertiary/aromatic N) is 1. The molecule has 2 heteroatoms. The summed E-state index contributed by atoms with van der Waals surface area (Å²) in [5.74, 6) is 0. The summed E-state index contributed by atoms with van der Waals surface area (Å²) in [6.07, 6.45) is 10.3. The highest BCUT2D eigenvalue weighted by molar-refractivity contribution is 4.78. The molecular weight excluding hydrogens is 148 g/mol. The van der Waals surface area contributed by atoms with Crippen LogP contribution in [0.4, 0.5) is 0 Å². The molecule has 0 aromatic rings. The van der Waals surface area contributed by atoms with Crippen LogP contribution in [0, 0.1) is 0 Å². The van der Waals surface area contributed by atoms with Crippen molar-refractivity contribution in [2.75, 3.05) is 13.1 Å². The van der Waals surface area contributed by atoms with Gasteiger partial charge in [-0.3, -0.25) is 0 Å². The van der Waals surface area contributed by atoms with E-state index in [0.29, 0.717) is 0 Å². The highest BCUT2D eigenvalue weighted by atomic mass is 15.2. The van der Waals surface area contributed by atoms with E-state index in [1.165, 1.54) is 58.0 Å². The molecule has 0 atom stereocenters. The Morgan fingerprint density at radius 1 is 0.750 bits per heavy atom. The van der Waals surface area contributed by atoms with E-state index >= 15 is 0 Å². The van der Waals surface area contributed by atoms with Crippen LogP contribution in [0.2, 0.25) is 0 Å². The zero-order chi connectivity index (χ0) is 7.52. The number of likely N-dealkylation sites (tertiary alicyclic amines) is 1. The van der Waals surface area contributed by atoms with Gasteiger partial charge in [-0.05, 0) is 38.8 Å². The first-order valence-electron chi connectivity index (χ1n) is 5.21. The zero-order valence-corrected chi connectivity index (χ0v) is 8.10. The van der Waals surface area contributed by atoms with Crippen LogP contribution < -0.4 is 6.15 Å². The molecule has 2 fully saturated rings. The average Bonchev–Trinajstić information content (AvgIpc) is 2.58. The van der Waals surface area contributed by atoms with Gasteiger partial charge in [-0.2, -0.15) is 0 Å². The second-order valence-corrected chi connectivity index (χ2v) is 4.03. The maximum atomic E-state index is 2.72. The van der Waals surface area contributed by atoms with E-state index in [2.05, 4.69) is 4.90 Å². The molecule has 0 aromatic carbocycles. The Labute approximate surface area is 75.9 Å². The molecule has 1 aliphatic heterocycles. The van der Waals surface area contributed by atoms with E-state index in [-0.39, 0.29) is 6.15 Å². The van der Waals surface area contributed by atoms with Crippen LogP contribution in [0.15, 0.2) is 0 Å². The standard InChI is InChI=1S/C10H19N.H3N/c1-2-6-10(7-3-1)11-8-4-5-9-11;/h10H,1-9H2;1H3. The van der Waals surface area contributed by atoms with Gasteiger partial charge in [0.2, 0.25) is 0 Å². The molecule has 72 valence electrons. The van der Waals surface area contributed by atoms with Crippen molar-refractivity contribution in [2.45, 2.75) is 51.0 Å². The molecule has 0 radical (unpaired) electrons. The molecule has 1 aliphatic carbocycles. The van der Waals surface area contributed by atoms with Crippen LogP contribution >= 0.6 is 0 Å². The zero-order valence-electron chi connectivity index (χ0n) is 8.10. The summed E-state index contributed by atoms with van der Waals surface area (Å²) in [4.78, 5) is 2.72. The van der Waals surface area contributed by atoms with Crippen LogP contribution in [-0.2, 0) is 0 Å². The summed E-state index contributed by atoms with van der Waals surface area (Å²) in [5, 5.41) is 0.